The molecule has 0 atom stereocenters. The van der Waals surface area contributed by atoms with Crippen molar-refractivity contribution in [2.75, 3.05) is 13.1 Å². The summed E-state index contributed by atoms with van der Waals surface area (Å²) < 4.78 is 31.7. The van der Waals surface area contributed by atoms with Crippen molar-refractivity contribution in [3.05, 3.63) is 45.5 Å². The number of carbonyl (C=O) groups is 2. The first kappa shape index (κ1) is 22.7. The van der Waals surface area contributed by atoms with E-state index in [9.17, 15) is 18.0 Å². The Morgan fingerprint density at radius 1 is 1.26 bits per heavy atom. The number of aliphatic carboxylic acids is 1. The van der Waals surface area contributed by atoms with Gasteiger partial charge in [-0.2, -0.15) is 13.2 Å². The molecular weight excluding hydrogens is 435 g/mol. The molecule has 1 saturated heterocycles. The maximum atomic E-state index is 12.3. The van der Waals surface area contributed by atoms with Crippen LogP contribution in [0.4, 0.5) is 13.2 Å². The van der Waals surface area contributed by atoms with E-state index in [1.54, 1.807) is 11.3 Å². The van der Waals surface area contributed by atoms with E-state index in [4.69, 9.17) is 9.90 Å². The van der Waals surface area contributed by atoms with Crippen LogP contribution in [0.5, 0.6) is 0 Å². The van der Waals surface area contributed by atoms with Gasteiger partial charge in [0.2, 0.25) is 5.91 Å². The van der Waals surface area contributed by atoms with Crippen molar-refractivity contribution in [1.82, 2.24) is 25.8 Å². The number of aryl methyl sites for hydroxylation is 1. The van der Waals surface area contributed by atoms with Crippen LogP contribution < -0.4 is 10.6 Å². The third-order valence-corrected chi connectivity index (χ3v) is 5.74. The van der Waals surface area contributed by atoms with Gasteiger partial charge in [-0.25, -0.2) is 4.79 Å². The van der Waals surface area contributed by atoms with Gasteiger partial charge in [0, 0.05) is 35.6 Å². The molecule has 12 heteroatoms. The minimum atomic E-state index is -5.08. The zero-order valence-corrected chi connectivity index (χ0v) is 17.2. The number of carbonyl (C=O) groups excluding carboxylic acids is 1. The van der Waals surface area contributed by atoms with Crippen LogP contribution in [0, 0.1) is 6.92 Å². The van der Waals surface area contributed by atoms with Gasteiger partial charge in [-0.05, 0) is 18.6 Å². The van der Waals surface area contributed by atoms with E-state index in [1.807, 2.05) is 31.2 Å². The van der Waals surface area contributed by atoms with Gasteiger partial charge in [0.1, 0.15) is 10.0 Å². The number of aromatic nitrogens is 3. The Morgan fingerprint density at radius 2 is 1.94 bits per heavy atom. The van der Waals surface area contributed by atoms with Crippen LogP contribution in [0.3, 0.4) is 0 Å². The second-order valence-electron chi connectivity index (χ2n) is 6.92. The highest BCUT2D eigenvalue weighted by Gasteiger charge is 2.38. The zero-order chi connectivity index (χ0) is 22.6. The van der Waals surface area contributed by atoms with E-state index in [0.717, 1.165) is 45.3 Å². The number of para-hydroxylation sites is 1. The fraction of sp³-hybridized carbons (Fsp3) is 0.368. The molecule has 4 N–H and O–H groups in total. The Kier molecular flexibility index (Phi) is 6.91. The van der Waals surface area contributed by atoms with E-state index >= 15 is 0 Å². The smallest absolute Gasteiger partial charge is 0.475 e. The van der Waals surface area contributed by atoms with Crippen molar-refractivity contribution in [3.63, 3.8) is 0 Å². The molecule has 0 saturated carbocycles. The highest BCUT2D eigenvalue weighted by molar-refractivity contribution is 7.11. The molecule has 0 spiro atoms. The maximum Gasteiger partial charge on any atom is 0.490 e. The number of H-pyrrole nitrogens is 1. The molecular formula is C19H20F3N5O3S. The number of nitrogens with zero attached hydrogens (tertiary/aromatic N) is 2. The normalized spacial score (nSPS) is 13.9. The van der Waals surface area contributed by atoms with Crippen molar-refractivity contribution in [3.8, 4) is 0 Å². The molecule has 166 valence electrons. The number of fused-ring (bicyclic) bond motifs is 1. The first-order valence-corrected chi connectivity index (χ1v) is 10.1. The molecule has 8 nitrogen and oxygen atoms in total. The molecule has 0 radical (unpaired) electrons. The summed E-state index contributed by atoms with van der Waals surface area (Å²) in [4.78, 5) is 24.5. The predicted molar refractivity (Wildman–Crippen MR) is 108 cm³/mol. The number of rotatable bonds is 5. The number of aromatic amines is 1. The molecule has 0 unspecified atom stereocenters. The van der Waals surface area contributed by atoms with E-state index in [1.165, 1.54) is 0 Å². The highest BCUT2D eigenvalue weighted by atomic mass is 32.1. The van der Waals surface area contributed by atoms with Gasteiger partial charge in [-0.3, -0.25) is 4.79 Å². The Labute approximate surface area is 178 Å². The summed E-state index contributed by atoms with van der Waals surface area (Å²) in [5, 5.41) is 24.7. The molecule has 31 heavy (non-hydrogen) atoms. The molecule has 1 fully saturated rings. The molecule has 0 bridgehead atoms. The second kappa shape index (κ2) is 9.43. The Balaban J connectivity index is 0.000000339. The largest absolute Gasteiger partial charge is 0.490 e. The summed E-state index contributed by atoms with van der Waals surface area (Å²) in [6, 6.07) is 8.06. The molecule has 3 aromatic rings. The van der Waals surface area contributed by atoms with Crippen LogP contribution in [0.25, 0.3) is 10.9 Å². The fourth-order valence-corrected chi connectivity index (χ4v) is 3.81. The van der Waals surface area contributed by atoms with Crippen LogP contribution >= 0.6 is 11.3 Å². The van der Waals surface area contributed by atoms with Gasteiger partial charge in [0.15, 0.2) is 0 Å². The molecule has 2 aromatic heterocycles. The van der Waals surface area contributed by atoms with Gasteiger partial charge in [-0.15, -0.1) is 10.2 Å². The van der Waals surface area contributed by atoms with Gasteiger partial charge in [-0.1, -0.05) is 29.5 Å². The summed E-state index contributed by atoms with van der Waals surface area (Å²) in [5.74, 6) is -2.27. The van der Waals surface area contributed by atoms with E-state index in [0.29, 0.717) is 18.9 Å². The number of hydrogen-bond acceptors (Lipinski definition) is 6. The summed E-state index contributed by atoms with van der Waals surface area (Å²) >= 11 is 1.59. The maximum absolute atomic E-state index is 12.3. The minimum Gasteiger partial charge on any atom is -0.475 e. The van der Waals surface area contributed by atoms with E-state index in [2.05, 4.69) is 25.8 Å². The Bertz CT molecular complexity index is 1080. The molecule has 0 aliphatic carbocycles. The SMILES string of the molecule is Cc1[nH]c2ccccc2c1CC(=O)NCc1nnc(C2CNC2)s1.O=C(O)C(F)(F)F. The van der Waals surface area contributed by atoms with Crippen molar-refractivity contribution in [2.24, 2.45) is 0 Å². The Morgan fingerprint density at radius 3 is 2.55 bits per heavy atom. The average Bonchev–Trinajstić information content (AvgIpc) is 3.23. The number of alkyl halides is 3. The fourth-order valence-electron chi connectivity index (χ4n) is 2.93. The van der Waals surface area contributed by atoms with Crippen molar-refractivity contribution in [2.45, 2.75) is 32.0 Å². The molecule has 4 rings (SSSR count). The number of carboxylic acids is 1. The van der Waals surface area contributed by atoms with Crippen molar-refractivity contribution >= 4 is 34.1 Å². The van der Waals surface area contributed by atoms with Crippen molar-refractivity contribution in [1.29, 1.82) is 0 Å². The average molecular weight is 455 g/mol. The highest BCUT2D eigenvalue weighted by Crippen LogP contribution is 2.24. The number of nitrogens with one attached hydrogen (secondary N) is 3. The summed E-state index contributed by atoms with van der Waals surface area (Å²) in [6.07, 6.45) is -4.71. The second-order valence-corrected chi connectivity index (χ2v) is 8.01. The van der Waals surface area contributed by atoms with Crippen LogP contribution in [0.1, 0.15) is 27.2 Å². The third-order valence-electron chi connectivity index (χ3n) is 4.66. The summed E-state index contributed by atoms with van der Waals surface area (Å²) in [5.41, 5.74) is 3.17. The topological polar surface area (TPSA) is 120 Å². The quantitative estimate of drug-likeness (QED) is 0.469. The van der Waals surface area contributed by atoms with Gasteiger partial charge in [0.05, 0.1) is 13.0 Å². The first-order valence-electron chi connectivity index (χ1n) is 9.31. The number of benzene rings is 1. The molecule has 3 heterocycles. The molecule has 1 aromatic carbocycles. The predicted octanol–water partition coefficient (Wildman–Crippen LogP) is 2.51. The standard InChI is InChI=1S/C17H19N5OS.C2HF3O2/c1-10-13(12-4-2-3-5-14(12)20-10)6-15(23)19-9-16-21-22-17(24-16)11-7-18-8-11;3-2(4,5)1(6)7/h2-5,11,18,20H,6-9H2,1H3,(H,19,23);(H,6,7). The summed E-state index contributed by atoms with van der Waals surface area (Å²) in [7, 11) is 0. The number of amides is 1. The first-order chi connectivity index (χ1) is 14.6. The van der Waals surface area contributed by atoms with Crippen LogP contribution in [-0.4, -0.2) is 51.4 Å². The van der Waals surface area contributed by atoms with Crippen LogP contribution in [0.15, 0.2) is 24.3 Å². The van der Waals surface area contributed by atoms with Gasteiger partial charge < -0.3 is 20.7 Å². The van der Waals surface area contributed by atoms with Crippen molar-refractivity contribution < 1.29 is 27.9 Å². The van der Waals surface area contributed by atoms with Crippen LogP contribution in [0.2, 0.25) is 0 Å². The van der Waals surface area contributed by atoms with Gasteiger partial charge in [0.25, 0.3) is 0 Å². The lowest BCUT2D eigenvalue weighted by molar-refractivity contribution is -0.192. The number of carboxylic acid groups (broad SMARTS) is 1. The van der Waals surface area contributed by atoms with Crippen LogP contribution in [-0.2, 0) is 22.6 Å². The molecule has 1 aliphatic heterocycles. The Hall–Kier alpha value is -2.99. The minimum absolute atomic E-state index is 0.00455. The zero-order valence-electron chi connectivity index (χ0n) is 16.4. The molecule has 1 amide bonds. The van der Waals surface area contributed by atoms with E-state index < -0.39 is 12.1 Å². The number of hydrogen-bond donors (Lipinski definition) is 4. The molecule has 1 aliphatic rings. The number of halogens is 3. The van der Waals surface area contributed by atoms with E-state index in [-0.39, 0.29) is 5.91 Å². The van der Waals surface area contributed by atoms with Gasteiger partial charge >= 0.3 is 12.1 Å². The lowest BCUT2D eigenvalue weighted by Gasteiger charge is -2.23. The third kappa shape index (κ3) is 5.79. The summed E-state index contributed by atoms with van der Waals surface area (Å²) in [6.45, 7) is 4.39. The lowest BCUT2D eigenvalue weighted by atomic mass is 10.1. The lowest BCUT2D eigenvalue weighted by Crippen LogP contribution is -2.39. The monoisotopic (exact) mass is 455 g/mol.